The van der Waals surface area contributed by atoms with Crippen molar-refractivity contribution in [3.8, 4) is 0 Å². The smallest absolute Gasteiger partial charge is 0.191 e. The highest BCUT2D eigenvalue weighted by molar-refractivity contribution is 14.1. The molecule has 0 aliphatic heterocycles. The zero-order valence-corrected chi connectivity index (χ0v) is 10.3. The standard InChI is InChI=1S/C7H9IN2O2S/c1-5-3-6(4-13(2,11)12)10-7(8)9-5/h3H,4H2,1-2H3. The first-order valence-corrected chi connectivity index (χ1v) is 6.68. The predicted molar refractivity (Wildman–Crippen MR) is 58.0 cm³/mol. The van der Waals surface area contributed by atoms with E-state index in [2.05, 4.69) is 9.97 Å². The molecule has 0 aromatic carbocycles. The largest absolute Gasteiger partial charge is 0.229 e. The molecule has 0 aliphatic rings. The van der Waals surface area contributed by atoms with Gasteiger partial charge in [0.2, 0.25) is 0 Å². The molecule has 0 amide bonds. The Kier molecular flexibility index (Phi) is 3.23. The molecule has 0 radical (unpaired) electrons. The Labute approximate surface area is 90.9 Å². The van der Waals surface area contributed by atoms with Crippen LogP contribution in [0.5, 0.6) is 0 Å². The van der Waals surface area contributed by atoms with Gasteiger partial charge in [-0.15, -0.1) is 0 Å². The summed E-state index contributed by atoms with van der Waals surface area (Å²) >= 11 is 1.97. The second-order valence-corrected chi connectivity index (χ2v) is 5.94. The normalized spacial score (nSPS) is 11.6. The van der Waals surface area contributed by atoms with Crippen LogP contribution in [0, 0.1) is 10.8 Å². The second kappa shape index (κ2) is 3.87. The van der Waals surface area contributed by atoms with Gasteiger partial charge in [0.15, 0.2) is 13.7 Å². The summed E-state index contributed by atoms with van der Waals surface area (Å²) < 4.78 is 22.5. The van der Waals surface area contributed by atoms with Gasteiger partial charge in [-0.25, -0.2) is 18.4 Å². The maximum Gasteiger partial charge on any atom is 0.191 e. The average molecular weight is 312 g/mol. The number of nitrogens with zero attached hydrogens (tertiary/aromatic N) is 2. The summed E-state index contributed by atoms with van der Waals surface area (Å²) in [5.74, 6) is -0.0215. The van der Waals surface area contributed by atoms with E-state index in [1.807, 2.05) is 29.5 Å². The maximum absolute atomic E-state index is 11.0. The van der Waals surface area contributed by atoms with Crippen LogP contribution in [0.25, 0.3) is 0 Å². The van der Waals surface area contributed by atoms with Crippen LogP contribution >= 0.6 is 22.6 Å². The topological polar surface area (TPSA) is 59.9 Å². The van der Waals surface area contributed by atoms with E-state index < -0.39 is 9.84 Å². The van der Waals surface area contributed by atoms with E-state index in [1.54, 1.807) is 6.07 Å². The van der Waals surface area contributed by atoms with Crippen molar-refractivity contribution in [2.45, 2.75) is 12.7 Å². The van der Waals surface area contributed by atoms with E-state index in [-0.39, 0.29) is 5.75 Å². The van der Waals surface area contributed by atoms with Gasteiger partial charge in [0, 0.05) is 34.5 Å². The molecule has 0 saturated heterocycles. The molecular weight excluding hydrogens is 303 g/mol. The number of hydrogen-bond donors (Lipinski definition) is 0. The van der Waals surface area contributed by atoms with E-state index in [4.69, 9.17) is 0 Å². The lowest BCUT2D eigenvalue weighted by Crippen LogP contribution is -2.05. The third kappa shape index (κ3) is 3.99. The fourth-order valence-corrected chi connectivity index (χ4v) is 2.31. The molecule has 0 fully saturated rings. The van der Waals surface area contributed by atoms with E-state index in [1.165, 1.54) is 6.26 Å². The van der Waals surface area contributed by atoms with E-state index in [0.717, 1.165) is 5.69 Å². The Morgan fingerprint density at radius 2 is 2.08 bits per heavy atom. The first-order valence-electron chi connectivity index (χ1n) is 3.54. The van der Waals surface area contributed by atoms with Crippen molar-refractivity contribution < 1.29 is 8.42 Å². The van der Waals surface area contributed by atoms with Gasteiger partial charge >= 0.3 is 0 Å². The number of sulfone groups is 1. The highest BCUT2D eigenvalue weighted by Crippen LogP contribution is 2.06. The van der Waals surface area contributed by atoms with Gasteiger partial charge in [0.25, 0.3) is 0 Å². The van der Waals surface area contributed by atoms with Gasteiger partial charge in [-0.3, -0.25) is 0 Å². The van der Waals surface area contributed by atoms with Crippen molar-refractivity contribution in [2.75, 3.05) is 6.26 Å². The monoisotopic (exact) mass is 312 g/mol. The molecular formula is C7H9IN2O2S. The molecule has 6 heteroatoms. The van der Waals surface area contributed by atoms with Crippen LogP contribution in [-0.4, -0.2) is 24.6 Å². The summed E-state index contributed by atoms with van der Waals surface area (Å²) in [6.45, 7) is 1.82. The van der Waals surface area contributed by atoms with Crippen molar-refractivity contribution in [1.29, 1.82) is 0 Å². The number of rotatable bonds is 2. The molecule has 1 heterocycles. The third-order valence-electron chi connectivity index (χ3n) is 1.29. The van der Waals surface area contributed by atoms with Crippen molar-refractivity contribution in [1.82, 2.24) is 9.97 Å². The van der Waals surface area contributed by atoms with E-state index >= 15 is 0 Å². The van der Waals surface area contributed by atoms with Crippen molar-refractivity contribution in [3.63, 3.8) is 0 Å². The molecule has 0 bridgehead atoms. The summed E-state index contributed by atoms with van der Waals surface area (Å²) in [7, 11) is -3.00. The van der Waals surface area contributed by atoms with Crippen LogP contribution < -0.4 is 0 Å². The van der Waals surface area contributed by atoms with Crippen LogP contribution in [0.3, 0.4) is 0 Å². The minimum absolute atomic E-state index is 0.0215. The summed E-state index contributed by atoms with van der Waals surface area (Å²) in [4.78, 5) is 8.06. The van der Waals surface area contributed by atoms with Gasteiger partial charge in [-0.05, 0) is 13.0 Å². The van der Waals surface area contributed by atoms with Crippen LogP contribution in [0.15, 0.2) is 6.07 Å². The van der Waals surface area contributed by atoms with Gasteiger partial charge in [-0.1, -0.05) is 0 Å². The molecule has 0 spiro atoms. The molecule has 0 N–H and O–H groups in total. The van der Waals surface area contributed by atoms with Gasteiger partial charge < -0.3 is 0 Å². The number of hydrogen-bond acceptors (Lipinski definition) is 4. The quantitative estimate of drug-likeness (QED) is 0.602. The number of halogens is 1. The molecule has 13 heavy (non-hydrogen) atoms. The first-order chi connectivity index (χ1) is 5.87. The minimum atomic E-state index is -3.00. The van der Waals surface area contributed by atoms with Crippen molar-refractivity contribution in [2.24, 2.45) is 0 Å². The third-order valence-corrected chi connectivity index (χ3v) is 2.59. The van der Waals surface area contributed by atoms with Crippen LogP contribution in [-0.2, 0) is 15.6 Å². The van der Waals surface area contributed by atoms with E-state index in [9.17, 15) is 8.42 Å². The fourth-order valence-electron chi connectivity index (χ4n) is 0.937. The lowest BCUT2D eigenvalue weighted by atomic mass is 10.4. The average Bonchev–Trinajstić information content (AvgIpc) is 1.78. The first kappa shape index (κ1) is 10.8. The summed E-state index contributed by atoms with van der Waals surface area (Å²) in [5, 5.41) is 0. The maximum atomic E-state index is 11.0. The molecule has 0 unspecified atom stereocenters. The summed E-state index contributed by atoms with van der Waals surface area (Å²) in [5.41, 5.74) is 1.34. The zero-order chi connectivity index (χ0) is 10.1. The molecule has 1 rings (SSSR count). The summed E-state index contributed by atoms with van der Waals surface area (Å²) in [6.07, 6.45) is 1.19. The highest BCUT2D eigenvalue weighted by Gasteiger charge is 2.07. The van der Waals surface area contributed by atoms with Crippen LogP contribution in [0.4, 0.5) is 0 Å². The van der Waals surface area contributed by atoms with Crippen LogP contribution in [0.2, 0.25) is 0 Å². The lowest BCUT2D eigenvalue weighted by molar-refractivity contribution is 0.600. The molecule has 4 nitrogen and oxygen atoms in total. The Morgan fingerprint density at radius 3 is 2.54 bits per heavy atom. The van der Waals surface area contributed by atoms with Crippen molar-refractivity contribution in [3.05, 3.63) is 21.3 Å². The van der Waals surface area contributed by atoms with Crippen LogP contribution in [0.1, 0.15) is 11.4 Å². The Morgan fingerprint density at radius 1 is 1.46 bits per heavy atom. The molecule has 1 aromatic rings. The second-order valence-electron chi connectivity index (χ2n) is 2.84. The zero-order valence-electron chi connectivity index (χ0n) is 7.28. The lowest BCUT2D eigenvalue weighted by Gasteiger charge is -2.00. The highest BCUT2D eigenvalue weighted by atomic mass is 127. The van der Waals surface area contributed by atoms with Crippen molar-refractivity contribution >= 4 is 32.4 Å². The molecule has 72 valence electrons. The van der Waals surface area contributed by atoms with Gasteiger partial charge in [-0.2, -0.15) is 0 Å². The Balaban J connectivity index is 3.03. The Hall–Kier alpha value is -0.240. The molecule has 0 atom stereocenters. The molecule has 0 saturated carbocycles. The fraction of sp³-hybridized carbons (Fsp3) is 0.429. The van der Waals surface area contributed by atoms with Gasteiger partial charge in [0.05, 0.1) is 11.4 Å². The molecule has 1 aromatic heterocycles. The minimum Gasteiger partial charge on any atom is -0.229 e. The van der Waals surface area contributed by atoms with E-state index in [0.29, 0.717) is 9.53 Å². The number of aryl methyl sites for hydroxylation is 1. The van der Waals surface area contributed by atoms with Gasteiger partial charge in [0.1, 0.15) is 0 Å². The molecule has 0 aliphatic carbocycles. The number of aromatic nitrogens is 2. The summed E-state index contributed by atoms with van der Waals surface area (Å²) in [6, 6.07) is 1.68. The predicted octanol–water partition coefficient (Wildman–Crippen LogP) is 0.934. The SMILES string of the molecule is Cc1cc(CS(C)(=O)=O)nc(I)n1. The Bertz CT molecular complexity index is 396.